The molecule has 0 aromatic carbocycles. The molecule has 0 aromatic rings. The summed E-state index contributed by atoms with van der Waals surface area (Å²) < 4.78 is 0. The molecule has 0 aliphatic carbocycles. The van der Waals surface area contributed by atoms with Gasteiger partial charge in [0.2, 0.25) is 0 Å². The lowest BCUT2D eigenvalue weighted by atomic mass is 10.0. The molecule has 3 unspecified atom stereocenters. The maximum absolute atomic E-state index is 5.47. The van der Waals surface area contributed by atoms with Crippen LogP contribution in [0, 0.1) is 12.3 Å². The lowest BCUT2D eigenvalue weighted by Crippen LogP contribution is -2.57. The quantitative estimate of drug-likeness (QED) is 0.684. The van der Waals surface area contributed by atoms with Gasteiger partial charge in [0.15, 0.2) is 0 Å². The van der Waals surface area contributed by atoms with Crippen LogP contribution in [0.4, 0.5) is 0 Å². The van der Waals surface area contributed by atoms with Crippen LogP contribution in [-0.4, -0.2) is 36.1 Å². The second-order valence-electron chi connectivity index (χ2n) is 4.28. The molecule has 0 aromatic heterocycles. The van der Waals surface area contributed by atoms with Crippen molar-refractivity contribution < 1.29 is 0 Å². The highest BCUT2D eigenvalue weighted by molar-refractivity contribution is 5.01. The minimum absolute atomic E-state index is 0.270. The fourth-order valence-electron chi connectivity index (χ4n) is 2.13. The molecule has 3 atom stereocenters. The fourth-order valence-corrected chi connectivity index (χ4v) is 2.13. The van der Waals surface area contributed by atoms with E-state index < -0.39 is 0 Å². The van der Waals surface area contributed by atoms with E-state index in [1.54, 1.807) is 0 Å². The number of nitrogens with one attached hydrogen (secondary N) is 1. The van der Waals surface area contributed by atoms with E-state index in [9.17, 15) is 0 Å². The Morgan fingerprint density at radius 3 is 2.93 bits per heavy atom. The zero-order valence-electron chi connectivity index (χ0n) is 9.59. The van der Waals surface area contributed by atoms with Crippen LogP contribution in [0.15, 0.2) is 0 Å². The average molecular weight is 194 g/mol. The molecule has 14 heavy (non-hydrogen) atoms. The summed E-state index contributed by atoms with van der Waals surface area (Å²) in [7, 11) is 0. The summed E-state index contributed by atoms with van der Waals surface area (Å²) in [6.07, 6.45) is 7.96. The minimum Gasteiger partial charge on any atom is -0.311 e. The van der Waals surface area contributed by atoms with E-state index in [0.29, 0.717) is 12.1 Å². The highest BCUT2D eigenvalue weighted by atomic mass is 15.2. The molecule has 1 heterocycles. The van der Waals surface area contributed by atoms with Crippen molar-refractivity contribution in [2.45, 2.75) is 51.7 Å². The van der Waals surface area contributed by atoms with Crippen LogP contribution < -0.4 is 5.32 Å². The summed E-state index contributed by atoms with van der Waals surface area (Å²) in [4.78, 5) is 2.43. The molecule has 0 amide bonds. The third-order valence-electron chi connectivity index (χ3n) is 3.08. The standard InChI is InChI=1S/C12H22N2/c1-5-7-12-9-14(10(3)6-2)11(4)8-13-12/h2,10-13H,5,7-9H2,1,3-4H3. The predicted octanol–water partition coefficient (Wildman–Crippen LogP) is 1.47. The summed E-state index contributed by atoms with van der Waals surface area (Å²) in [5, 5.41) is 3.57. The maximum Gasteiger partial charge on any atom is 0.0686 e. The molecular formula is C12H22N2. The van der Waals surface area contributed by atoms with Gasteiger partial charge < -0.3 is 5.32 Å². The van der Waals surface area contributed by atoms with E-state index in [2.05, 4.69) is 36.9 Å². The predicted molar refractivity (Wildman–Crippen MR) is 61.2 cm³/mol. The van der Waals surface area contributed by atoms with Gasteiger partial charge in [0.25, 0.3) is 0 Å². The Hall–Kier alpha value is -0.520. The third kappa shape index (κ3) is 2.73. The van der Waals surface area contributed by atoms with Crippen LogP contribution in [0.25, 0.3) is 0 Å². The Morgan fingerprint density at radius 2 is 2.36 bits per heavy atom. The topological polar surface area (TPSA) is 15.3 Å². The van der Waals surface area contributed by atoms with E-state index in [1.165, 1.54) is 12.8 Å². The van der Waals surface area contributed by atoms with Crippen molar-refractivity contribution in [3.05, 3.63) is 0 Å². The van der Waals surface area contributed by atoms with E-state index in [0.717, 1.165) is 13.1 Å². The molecule has 1 aliphatic rings. The van der Waals surface area contributed by atoms with Gasteiger partial charge in [-0.1, -0.05) is 19.3 Å². The first kappa shape index (κ1) is 11.6. The first-order valence-corrected chi connectivity index (χ1v) is 5.64. The molecule has 0 radical (unpaired) electrons. The molecule has 1 fully saturated rings. The van der Waals surface area contributed by atoms with Crippen molar-refractivity contribution in [2.75, 3.05) is 13.1 Å². The van der Waals surface area contributed by atoms with E-state index in [4.69, 9.17) is 6.42 Å². The van der Waals surface area contributed by atoms with Gasteiger partial charge in [-0.2, -0.15) is 0 Å². The Bertz CT molecular complexity index is 207. The van der Waals surface area contributed by atoms with Gasteiger partial charge in [0.05, 0.1) is 6.04 Å². The van der Waals surface area contributed by atoms with Crippen molar-refractivity contribution in [2.24, 2.45) is 0 Å². The molecule has 0 bridgehead atoms. The van der Waals surface area contributed by atoms with E-state index in [-0.39, 0.29) is 6.04 Å². The second kappa shape index (κ2) is 5.38. The lowest BCUT2D eigenvalue weighted by molar-refractivity contribution is 0.119. The van der Waals surface area contributed by atoms with Crippen LogP contribution in [0.5, 0.6) is 0 Å². The van der Waals surface area contributed by atoms with E-state index >= 15 is 0 Å². The lowest BCUT2D eigenvalue weighted by Gasteiger charge is -2.40. The smallest absolute Gasteiger partial charge is 0.0686 e. The summed E-state index contributed by atoms with van der Waals surface area (Å²) >= 11 is 0. The Kier molecular flexibility index (Phi) is 4.44. The van der Waals surface area contributed by atoms with Gasteiger partial charge in [-0.15, -0.1) is 6.42 Å². The minimum atomic E-state index is 0.270. The third-order valence-corrected chi connectivity index (χ3v) is 3.08. The number of hydrogen-bond donors (Lipinski definition) is 1. The second-order valence-corrected chi connectivity index (χ2v) is 4.28. The summed E-state index contributed by atoms with van der Waals surface area (Å²) in [5.41, 5.74) is 0. The van der Waals surface area contributed by atoms with Gasteiger partial charge in [0.1, 0.15) is 0 Å². The Balaban J connectivity index is 2.51. The van der Waals surface area contributed by atoms with Gasteiger partial charge in [-0.25, -0.2) is 0 Å². The van der Waals surface area contributed by atoms with Crippen LogP contribution in [0.1, 0.15) is 33.6 Å². The normalized spacial score (nSPS) is 31.0. The number of terminal acetylenes is 1. The number of hydrogen-bond acceptors (Lipinski definition) is 2. The molecule has 1 N–H and O–H groups in total. The van der Waals surface area contributed by atoms with Crippen molar-refractivity contribution in [1.82, 2.24) is 10.2 Å². The summed E-state index contributed by atoms with van der Waals surface area (Å²) in [5.74, 6) is 2.83. The van der Waals surface area contributed by atoms with Crippen molar-refractivity contribution in [3.8, 4) is 12.3 Å². The molecule has 1 rings (SSSR count). The van der Waals surface area contributed by atoms with Crippen molar-refractivity contribution in [1.29, 1.82) is 0 Å². The highest BCUT2D eigenvalue weighted by Gasteiger charge is 2.26. The largest absolute Gasteiger partial charge is 0.311 e. The monoisotopic (exact) mass is 194 g/mol. The molecule has 2 nitrogen and oxygen atoms in total. The molecule has 80 valence electrons. The number of rotatable bonds is 3. The first-order valence-electron chi connectivity index (χ1n) is 5.64. The molecule has 1 saturated heterocycles. The average Bonchev–Trinajstić information content (AvgIpc) is 2.20. The van der Waals surface area contributed by atoms with Crippen molar-refractivity contribution >= 4 is 0 Å². The van der Waals surface area contributed by atoms with Crippen LogP contribution >= 0.6 is 0 Å². The van der Waals surface area contributed by atoms with Gasteiger partial charge in [-0.3, -0.25) is 4.90 Å². The first-order chi connectivity index (χ1) is 6.69. The molecule has 0 spiro atoms. The van der Waals surface area contributed by atoms with Crippen LogP contribution in [0.3, 0.4) is 0 Å². The van der Waals surface area contributed by atoms with Crippen molar-refractivity contribution in [3.63, 3.8) is 0 Å². The zero-order chi connectivity index (χ0) is 10.6. The fraction of sp³-hybridized carbons (Fsp3) is 0.833. The van der Waals surface area contributed by atoms with Crippen LogP contribution in [0.2, 0.25) is 0 Å². The molecule has 2 heteroatoms. The highest BCUT2D eigenvalue weighted by Crippen LogP contribution is 2.13. The summed E-state index contributed by atoms with van der Waals surface area (Å²) in [6, 6.07) is 1.47. The number of nitrogens with zero attached hydrogens (tertiary/aromatic N) is 1. The molecule has 1 aliphatic heterocycles. The van der Waals surface area contributed by atoms with E-state index in [1.807, 2.05) is 0 Å². The molecular weight excluding hydrogens is 172 g/mol. The zero-order valence-corrected chi connectivity index (χ0v) is 9.59. The van der Waals surface area contributed by atoms with Crippen LogP contribution in [-0.2, 0) is 0 Å². The Morgan fingerprint density at radius 1 is 1.64 bits per heavy atom. The molecule has 0 saturated carbocycles. The SMILES string of the molecule is C#CC(C)N1CC(CCC)NCC1C. The van der Waals surface area contributed by atoms with Gasteiger partial charge in [-0.05, 0) is 20.3 Å². The Labute approximate surface area is 88.1 Å². The summed E-state index contributed by atoms with van der Waals surface area (Å²) in [6.45, 7) is 8.75. The number of piperazine rings is 1. The maximum atomic E-state index is 5.47. The van der Waals surface area contributed by atoms with Gasteiger partial charge in [0, 0.05) is 25.2 Å². The van der Waals surface area contributed by atoms with Gasteiger partial charge >= 0.3 is 0 Å².